The molecule has 2 nitrogen and oxygen atoms in total. The molecule has 0 atom stereocenters. The number of halogens is 3. The first kappa shape index (κ1) is 19.1. The Kier molecular flexibility index (Phi) is 5.81. The first-order chi connectivity index (χ1) is 10.6. The van der Waals surface area contributed by atoms with Gasteiger partial charge in [0, 0.05) is 36.3 Å². The maximum atomic E-state index is 12.8. The number of rotatable bonds is 5. The number of alkyl halides is 3. The van der Waals surface area contributed by atoms with Crippen molar-refractivity contribution >= 4 is 40.6 Å². The van der Waals surface area contributed by atoms with Gasteiger partial charge in [0.2, 0.25) is 0 Å². The third-order valence-corrected chi connectivity index (χ3v) is 5.09. The first-order valence-electron chi connectivity index (χ1n) is 8.36. The molecule has 0 spiro atoms. The quantitative estimate of drug-likeness (QED) is 0.451. The Morgan fingerprint density at radius 3 is 2.39 bits per heavy atom. The van der Waals surface area contributed by atoms with E-state index in [0.29, 0.717) is 12.8 Å². The summed E-state index contributed by atoms with van der Waals surface area (Å²) in [6.07, 6.45) is 5.22. The predicted molar refractivity (Wildman–Crippen MR) is 99.1 cm³/mol. The van der Waals surface area contributed by atoms with Crippen molar-refractivity contribution in [2.24, 2.45) is 5.41 Å². The van der Waals surface area contributed by atoms with Crippen LogP contribution in [-0.2, 0) is 19.4 Å². The smallest absolute Gasteiger partial charge is 0.194 e. The van der Waals surface area contributed by atoms with Gasteiger partial charge in [-0.1, -0.05) is 68.4 Å². The number of aromatic nitrogens is 1. The standard InChI is InChI=1S/C18H26Cl3NO/c1-5-6-7-8-22-12(2)13(9-18(19,20)21)16-14(22)10-17(3,4)11-15(16)23/h5-11H2,1-4H3. The van der Waals surface area contributed by atoms with Gasteiger partial charge in [0.05, 0.1) is 0 Å². The van der Waals surface area contributed by atoms with E-state index in [4.69, 9.17) is 34.8 Å². The highest BCUT2D eigenvalue weighted by atomic mass is 35.6. The van der Waals surface area contributed by atoms with Crippen molar-refractivity contribution in [3.63, 3.8) is 0 Å². The van der Waals surface area contributed by atoms with E-state index in [9.17, 15) is 4.79 Å². The molecular formula is C18H26Cl3NO. The van der Waals surface area contributed by atoms with Crippen LogP contribution in [0.5, 0.6) is 0 Å². The molecule has 1 aromatic heterocycles. The third-order valence-electron chi connectivity index (χ3n) is 4.68. The van der Waals surface area contributed by atoms with Crippen molar-refractivity contribution in [2.45, 2.75) is 76.6 Å². The number of hydrogen-bond donors (Lipinski definition) is 0. The van der Waals surface area contributed by atoms with Crippen LogP contribution in [0.1, 0.15) is 73.8 Å². The fourth-order valence-corrected chi connectivity index (χ4v) is 4.05. The zero-order valence-electron chi connectivity index (χ0n) is 14.4. The van der Waals surface area contributed by atoms with E-state index in [1.807, 2.05) is 0 Å². The molecule has 0 aliphatic heterocycles. The Hall–Kier alpha value is -0.180. The minimum Gasteiger partial charge on any atom is -0.348 e. The molecule has 0 aromatic carbocycles. The summed E-state index contributed by atoms with van der Waals surface area (Å²) in [6.45, 7) is 9.49. The van der Waals surface area contributed by atoms with E-state index in [1.54, 1.807) is 0 Å². The normalized spacial score (nSPS) is 17.4. The van der Waals surface area contributed by atoms with Crippen molar-refractivity contribution in [1.82, 2.24) is 4.57 Å². The molecule has 0 saturated heterocycles. The van der Waals surface area contributed by atoms with Gasteiger partial charge in [-0.05, 0) is 30.7 Å². The summed E-state index contributed by atoms with van der Waals surface area (Å²) in [6, 6.07) is 0. The van der Waals surface area contributed by atoms with Crippen LogP contribution in [0.2, 0.25) is 0 Å². The largest absolute Gasteiger partial charge is 0.348 e. The SMILES string of the molecule is CCCCCn1c(C)c(CC(Cl)(Cl)Cl)c2c1CC(C)(C)CC2=O. The molecule has 1 aromatic rings. The number of unbranched alkanes of at least 4 members (excludes halogenated alkanes) is 2. The van der Waals surface area contributed by atoms with Gasteiger partial charge in [0.15, 0.2) is 9.58 Å². The van der Waals surface area contributed by atoms with Gasteiger partial charge < -0.3 is 4.57 Å². The zero-order chi connectivity index (χ0) is 17.4. The Balaban J connectivity index is 2.50. The fourth-order valence-electron chi connectivity index (χ4n) is 3.65. The van der Waals surface area contributed by atoms with E-state index >= 15 is 0 Å². The van der Waals surface area contributed by atoms with Crippen molar-refractivity contribution in [1.29, 1.82) is 0 Å². The third kappa shape index (κ3) is 4.46. The Bertz CT molecular complexity index is 596. The summed E-state index contributed by atoms with van der Waals surface area (Å²) >= 11 is 18.1. The summed E-state index contributed by atoms with van der Waals surface area (Å²) in [5.74, 6) is 0.192. The number of ketones is 1. The lowest BCUT2D eigenvalue weighted by Gasteiger charge is -2.30. The van der Waals surface area contributed by atoms with Gasteiger partial charge in [0.25, 0.3) is 0 Å². The summed E-state index contributed by atoms with van der Waals surface area (Å²) in [7, 11) is 0. The lowest BCUT2D eigenvalue weighted by atomic mass is 9.75. The van der Waals surface area contributed by atoms with Gasteiger partial charge in [-0.25, -0.2) is 0 Å². The van der Waals surface area contributed by atoms with E-state index in [2.05, 4.69) is 32.3 Å². The number of fused-ring (bicyclic) bond motifs is 1. The fraction of sp³-hybridized carbons (Fsp3) is 0.722. The van der Waals surface area contributed by atoms with Crippen LogP contribution >= 0.6 is 34.8 Å². The zero-order valence-corrected chi connectivity index (χ0v) is 16.7. The lowest BCUT2D eigenvalue weighted by Crippen LogP contribution is -2.28. The van der Waals surface area contributed by atoms with Gasteiger partial charge in [-0.2, -0.15) is 0 Å². The molecule has 0 N–H and O–H groups in total. The molecule has 1 aliphatic rings. The molecular weight excluding hydrogens is 353 g/mol. The minimum atomic E-state index is -1.37. The van der Waals surface area contributed by atoms with Gasteiger partial charge in [0.1, 0.15) is 0 Å². The molecule has 0 radical (unpaired) electrons. The summed E-state index contributed by atoms with van der Waals surface area (Å²) in [5.41, 5.74) is 3.98. The van der Waals surface area contributed by atoms with Crippen molar-refractivity contribution in [3.05, 3.63) is 22.5 Å². The van der Waals surface area contributed by atoms with Crippen LogP contribution in [-0.4, -0.2) is 14.1 Å². The second-order valence-corrected chi connectivity index (χ2v) is 9.99. The number of nitrogens with zero attached hydrogens (tertiary/aromatic N) is 1. The lowest BCUT2D eigenvalue weighted by molar-refractivity contribution is 0.0909. The molecule has 0 saturated carbocycles. The van der Waals surface area contributed by atoms with Crippen LogP contribution < -0.4 is 0 Å². The highest BCUT2D eigenvalue weighted by molar-refractivity contribution is 6.67. The van der Waals surface area contributed by atoms with E-state index in [1.165, 1.54) is 12.8 Å². The number of carbonyl (C=O) groups excluding carboxylic acids is 1. The minimum absolute atomic E-state index is 0.00532. The van der Waals surface area contributed by atoms with Crippen LogP contribution in [0.4, 0.5) is 0 Å². The van der Waals surface area contributed by atoms with Gasteiger partial charge in [-0.3, -0.25) is 4.79 Å². The van der Waals surface area contributed by atoms with Crippen LogP contribution in [0.25, 0.3) is 0 Å². The average molecular weight is 379 g/mol. The Morgan fingerprint density at radius 1 is 1.17 bits per heavy atom. The summed E-state index contributed by atoms with van der Waals surface area (Å²) < 4.78 is 0.928. The number of Topliss-reactive ketones (excluding diaryl/α,β-unsaturated/α-hetero) is 1. The van der Waals surface area contributed by atoms with Gasteiger partial charge >= 0.3 is 0 Å². The van der Waals surface area contributed by atoms with E-state index in [0.717, 1.165) is 41.9 Å². The maximum absolute atomic E-state index is 12.8. The monoisotopic (exact) mass is 377 g/mol. The molecule has 23 heavy (non-hydrogen) atoms. The molecule has 5 heteroatoms. The molecule has 1 heterocycles. The molecule has 0 unspecified atom stereocenters. The molecule has 0 bridgehead atoms. The Labute approximate surface area is 154 Å². The van der Waals surface area contributed by atoms with Gasteiger partial charge in [-0.15, -0.1) is 0 Å². The van der Waals surface area contributed by atoms with E-state index in [-0.39, 0.29) is 11.2 Å². The molecule has 0 amide bonds. The average Bonchev–Trinajstić information content (AvgIpc) is 2.61. The molecule has 1 aliphatic carbocycles. The van der Waals surface area contributed by atoms with Crippen molar-refractivity contribution in [2.75, 3.05) is 0 Å². The Morgan fingerprint density at radius 2 is 1.83 bits per heavy atom. The molecule has 2 rings (SSSR count). The van der Waals surface area contributed by atoms with Crippen molar-refractivity contribution in [3.8, 4) is 0 Å². The molecule has 0 fully saturated rings. The second-order valence-electron chi connectivity index (χ2n) is 7.48. The predicted octanol–water partition coefficient (Wildman–Crippen LogP) is 6.05. The second kappa shape index (κ2) is 6.98. The number of carbonyl (C=O) groups is 1. The van der Waals surface area contributed by atoms with Crippen LogP contribution in [0.15, 0.2) is 0 Å². The maximum Gasteiger partial charge on any atom is 0.194 e. The summed E-state index contributed by atoms with van der Waals surface area (Å²) in [4.78, 5) is 12.8. The highest BCUT2D eigenvalue weighted by Crippen LogP contribution is 2.41. The topological polar surface area (TPSA) is 22.0 Å². The van der Waals surface area contributed by atoms with Crippen LogP contribution in [0, 0.1) is 12.3 Å². The van der Waals surface area contributed by atoms with Crippen LogP contribution in [0.3, 0.4) is 0 Å². The van der Waals surface area contributed by atoms with Crippen molar-refractivity contribution < 1.29 is 4.79 Å². The van der Waals surface area contributed by atoms with E-state index < -0.39 is 3.79 Å². The number of hydrogen-bond acceptors (Lipinski definition) is 1. The highest BCUT2D eigenvalue weighted by Gasteiger charge is 2.38. The molecule has 130 valence electrons. The summed E-state index contributed by atoms with van der Waals surface area (Å²) in [5, 5.41) is 0. The first-order valence-corrected chi connectivity index (χ1v) is 9.50.